The van der Waals surface area contributed by atoms with Crippen molar-refractivity contribution in [1.82, 2.24) is 15.5 Å². The highest BCUT2D eigenvalue weighted by molar-refractivity contribution is 14.0. The van der Waals surface area contributed by atoms with Gasteiger partial charge in [-0.05, 0) is 37.5 Å². The van der Waals surface area contributed by atoms with E-state index >= 15 is 0 Å². The van der Waals surface area contributed by atoms with E-state index in [0.29, 0.717) is 30.5 Å². The summed E-state index contributed by atoms with van der Waals surface area (Å²) >= 11 is 0. The number of methoxy groups -OCH3 is 1. The maximum absolute atomic E-state index is 12.2. The molecule has 1 fully saturated rings. The van der Waals surface area contributed by atoms with Crippen molar-refractivity contribution in [3.63, 3.8) is 0 Å². The Kier molecular flexibility index (Phi) is 11.2. The highest BCUT2D eigenvalue weighted by atomic mass is 127. The lowest BCUT2D eigenvalue weighted by molar-refractivity contribution is -0.128. The number of rotatable bonds is 8. The Labute approximate surface area is 184 Å². The molecular formula is C20H29IN4O3. The molecule has 2 rings (SSSR count). The summed E-state index contributed by atoms with van der Waals surface area (Å²) in [5, 5.41) is 6.26. The van der Waals surface area contributed by atoms with E-state index in [9.17, 15) is 4.79 Å². The van der Waals surface area contributed by atoms with Crippen molar-refractivity contribution in [2.75, 3.05) is 39.9 Å². The molecule has 1 aliphatic rings. The quantitative estimate of drug-likeness (QED) is 0.247. The lowest BCUT2D eigenvalue weighted by Crippen LogP contribution is -2.44. The summed E-state index contributed by atoms with van der Waals surface area (Å²) in [5.74, 6) is 4.36. The molecule has 1 aliphatic heterocycles. The SMILES string of the molecule is C#CCOc1cc(CN=C(NCC)NCC(=O)N2CCCC2)ccc1OC.I. The smallest absolute Gasteiger partial charge is 0.241 e. The number of carbonyl (C=O) groups excluding carboxylic acids is 1. The summed E-state index contributed by atoms with van der Waals surface area (Å²) in [7, 11) is 1.58. The van der Waals surface area contributed by atoms with Crippen LogP contribution in [0.4, 0.5) is 0 Å². The Hall–Kier alpha value is -2.15. The molecule has 1 saturated heterocycles. The van der Waals surface area contributed by atoms with Crippen molar-refractivity contribution in [2.45, 2.75) is 26.3 Å². The second-order valence-electron chi connectivity index (χ2n) is 6.11. The van der Waals surface area contributed by atoms with Crippen LogP contribution in [0.25, 0.3) is 0 Å². The molecule has 0 aliphatic carbocycles. The number of hydrogen-bond acceptors (Lipinski definition) is 4. The number of likely N-dealkylation sites (tertiary alicyclic amines) is 1. The Morgan fingerprint density at radius 2 is 2.04 bits per heavy atom. The van der Waals surface area contributed by atoms with Crippen molar-refractivity contribution in [1.29, 1.82) is 0 Å². The molecule has 0 atom stereocenters. The van der Waals surface area contributed by atoms with Crippen molar-refractivity contribution in [3.05, 3.63) is 23.8 Å². The minimum Gasteiger partial charge on any atom is -0.493 e. The van der Waals surface area contributed by atoms with Gasteiger partial charge >= 0.3 is 0 Å². The Bertz CT molecular complexity index is 697. The van der Waals surface area contributed by atoms with Gasteiger partial charge in [-0.2, -0.15) is 0 Å². The number of nitrogens with zero attached hydrogens (tertiary/aromatic N) is 2. The number of aliphatic imine (C=N–C) groups is 1. The van der Waals surface area contributed by atoms with E-state index in [1.54, 1.807) is 7.11 Å². The largest absolute Gasteiger partial charge is 0.493 e. The standard InChI is InChI=1S/C20H28N4O3.HI/c1-4-12-27-18-13-16(8-9-17(18)26-3)14-22-20(21-5-2)23-15-19(25)24-10-6-7-11-24;/h1,8-9,13H,5-7,10-12,14-15H2,2-3H3,(H2,21,22,23);1H. The van der Waals surface area contributed by atoms with Gasteiger partial charge in [-0.25, -0.2) is 4.99 Å². The first-order chi connectivity index (χ1) is 13.2. The maximum Gasteiger partial charge on any atom is 0.241 e. The molecule has 1 aromatic rings. The number of guanidine groups is 1. The summed E-state index contributed by atoms with van der Waals surface area (Å²) in [5.41, 5.74) is 0.950. The van der Waals surface area contributed by atoms with Gasteiger partial charge in [0.15, 0.2) is 17.5 Å². The highest BCUT2D eigenvalue weighted by Gasteiger charge is 2.17. The average Bonchev–Trinajstić information content (AvgIpc) is 3.23. The molecule has 154 valence electrons. The van der Waals surface area contributed by atoms with Crippen LogP contribution in [0.2, 0.25) is 0 Å². The summed E-state index contributed by atoms with van der Waals surface area (Å²) in [4.78, 5) is 18.6. The molecule has 7 nitrogen and oxygen atoms in total. The lowest BCUT2D eigenvalue weighted by atomic mass is 10.2. The molecule has 1 aromatic carbocycles. The fourth-order valence-corrected chi connectivity index (χ4v) is 2.80. The minimum atomic E-state index is 0. The van der Waals surface area contributed by atoms with Crippen LogP contribution in [0, 0.1) is 12.3 Å². The summed E-state index contributed by atoms with van der Waals surface area (Å²) in [6.07, 6.45) is 7.42. The van der Waals surface area contributed by atoms with Crippen LogP contribution < -0.4 is 20.1 Å². The third kappa shape index (κ3) is 7.46. The molecule has 0 bridgehead atoms. The van der Waals surface area contributed by atoms with Gasteiger partial charge in [0.2, 0.25) is 5.91 Å². The molecule has 28 heavy (non-hydrogen) atoms. The van der Waals surface area contributed by atoms with Gasteiger partial charge in [0.05, 0.1) is 20.2 Å². The van der Waals surface area contributed by atoms with Crippen molar-refractivity contribution >= 4 is 35.8 Å². The highest BCUT2D eigenvalue weighted by Crippen LogP contribution is 2.28. The van der Waals surface area contributed by atoms with Gasteiger partial charge in [0.25, 0.3) is 0 Å². The number of ether oxygens (including phenoxy) is 2. The number of nitrogens with one attached hydrogen (secondary N) is 2. The third-order valence-corrected chi connectivity index (χ3v) is 4.17. The van der Waals surface area contributed by atoms with Gasteiger partial charge in [0.1, 0.15) is 6.61 Å². The number of carbonyl (C=O) groups is 1. The van der Waals surface area contributed by atoms with E-state index in [4.69, 9.17) is 15.9 Å². The number of benzene rings is 1. The van der Waals surface area contributed by atoms with E-state index in [0.717, 1.165) is 31.5 Å². The summed E-state index contributed by atoms with van der Waals surface area (Å²) < 4.78 is 10.8. The van der Waals surface area contributed by atoms with Crippen molar-refractivity contribution in [2.24, 2.45) is 4.99 Å². The van der Waals surface area contributed by atoms with Crippen LogP contribution in [0.5, 0.6) is 11.5 Å². The molecule has 8 heteroatoms. The van der Waals surface area contributed by atoms with E-state index in [1.807, 2.05) is 30.0 Å². The van der Waals surface area contributed by atoms with E-state index in [-0.39, 0.29) is 43.0 Å². The second kappa shape index (κ2) is 13.1. The molecule has 2 N–H and O–H groups in total. The number of hydrogen-bond donors (Lipinski definition) is 2. The summed E-state index contributed by atoms with van der Waals surface area (Å²) in [6.45, 7) is 5.24. The van der Waals surface area contributed by atoms with Crippen LogP contribution in [0.15, 0.2) is 23.2 Å². The van der Waals surface area contributed by atoms with Crippen LogP contribution in [-0.2, 0) is 11.3 Å². The number of amides is 1. The van der Waals surface area contributed by atoms with Gasteiger partial charge < -0.3 is 25.0 Å². The zero-order valence-electron chi connectivity index (χ0n) is 16.5. The molecule has 0 spiro atoms. The van der Waals surface area contributed by atoms with Crippen LogP contribution in [0.3, 0.4) is 0 Å². The number of terminal acetylenes is 1. The fourth-order valence-electron chi connectivity index (χ4n) is 2.80. The normalized spacial score (nSPS) is 13.3. The zero-order chi connectivity index (χ0) is 19.5. The number of halogens is 1. The Balaban J connectivity index is 0.00000392. The average molecular weight is 500 g/mol. The van der Waals surface area contributed by atoms with E-state index in [2.05, 4.69) is 21.5 Å². The first-order valence-corrected chi connectivity index (χ1v) is 9.21. The maximum atomic E-state index is 12.2. The lowest BCUT2D eigenvalue weighted by Gasteiger charge is -2.17. The van der Waals surface area contributed by atoms with Gasteiger partial charge in [-0.3, -0.25) is 4.79 Å². The molecule has 0 aromatic heterocycles. The van der Waals surface area contributed by atoms with E-state index in [1.165, 1.54) is 0 Å². The Morgan fingerprint density at radius 3 is 2.68 bits per heavy atom. The predicted octanol–water partition coefficient (Wildman–Crippen LogP) is 2.00. The summed E-state index contributed by atoms with van der Waals surface area (Å²) in [6, 6.07) is 5.61. The topological polar surface area (TPSA) is 75.2 Å². The molecule has 0 saturated carbocycles. The van der Waals surface area contributed by atoms with Gasteiger partial charge in [0, 0.05) is 19.6 Å². The second-order valence-corrected chi connectivity index (χ2v) is 6.11. The van der Waals surface area contributed by atoms with Crippen molar-refractivity contribution in [3.8, 4) is 23.8 Å². The third-order valence-electron chi connectivity index (χ3n) is 4.17. The van der Waals surface area contributed by atoms with Crippen LogP contribution >= 0.6 is 24.0 Å². The molecule has 1 heterocycles. The van der Waals surface area contributed by atoms with Crippen molar-refractivity contribution < 1.29 is 14.3 Å². The molecule has 0 unspecified atom stereocenters. The minimum absolute atomic E-state index is 0. The van der Waals surface area contributed by atoms with E-state index < -0.39 is 0 Å². The molecule has 0 radical (unpaired) electrons. The van der Waals surface area contributed by atoms with Gasteiger partial charge in [-0.1, -0.05) is 12.0 Å². The fraction of sp³-hybridized carbons (Fsp3) is 0.500. The first-order valence-electron chi connectivity index (χ1n) is 9.21. The molecule has 1 amide bonds. The zero-order valence-corrected chi connectivity index (χ0v) is 18.8. The first kappa shape index (κ1) is 23.9. The Morgan fingerprint density at radius 1 is 1.29 bits per heavy atom. The van der Waals surface area contributed by atoms with Crippen LogP contribution in [-0.4, -0.2) is 56.7 Å². The monoisotopic (exact) mass is 500 g/mol. The molecular weight excluding hydrogens is 471 g/mol. The van der Waals surface area contributed by atoms with Gasteiger partial charge in [-0.15, -0.1) is 30.4 Å². The van der Waals surface area contributed by atoms with Crippen LogP contribution in [0.1, 0.15) is 25.3 Å². The predicted molar refractivity (Wildman–Crippen MR) is 121 cm³/mol.